The van der Waals surface area contributed by atoms with Crippen molar-refractivity contribution in [2.24, 2.45) is 0 Å². The maximum Gasteiger partial charge on any atom is 0.123 e. The van der Waals surface area contributed by atoms with Gasteiger partial charge in [0.25, 0.3) is 0 Å². The average Bonchev–Trinajstić information content (AvgIpc) is 2.53. The van der Waals surface area contributed by atoms with Crippen molar-refractivity contribution in [3.8, 4) is 11.5 Å². The molecule has 0 spiro atoms. The van der Waals surface area contributed by atoms with Crippen LogP contribution < -0.4 is 14.8 Å². The van der Waals surface area contributed by atoms with Gasteiger partial charge in [0.05, 0.1) is 14.2 Å². The van der Waals surface area contributed by atoms with E-state index in [4.69, 9.17) is 21.1 Å². The Balaban J connectivity index is 2.34. The molecule has 0 aromatic heterocycles. The molecule has 1 atom stereocenters. The van der Waals surface area contributed by atoms with Gasteiger partial charge in [-0.15, -0.1) is 0 Å². The first kappa shape index (κ1) is 15.7. The fraction of sp³-hybridized carbons (Fsp3) is 0.294. The predicted molar refractivity (Wildman–Crippen MR) is 86.5 cm³/mol. The van der Waals surface area contributed by atoms with E-state index in [-0.39, 0.29) is 6.04 Å². The zero-order valence-corrected chi connectivity index (χ0v) is 13.3. The Morgan fingerprint density at radius 3 is 2.48 bits per heavy atom. The highest BCUT2D eigenvalue weighted by Crippen LogP contribution is 2.32. The van der Waals surface area contributed by atoms with Crippen molar-refractivity contribution in [3.05, 3.63) is 58.6 Å². The largest absolute Gasteiger partial charge is 0.497 e. The maximum absolute atomic E-state index is 6.26. The molecule has 112 valence electrons. The summed E-state index contributed by atoms with van der Waals surface area (Å²) in [6, 6.07) is 13.8. The Kier molecular flexibility index (Phi) is 5.48. The molecule has 2 aromatic carbocycles. The van der Waals surface area contributed by atoms with Crippen LogP contribution in [0.5, 0.6) is 11.5 Å². The number of likely N-dealkylation sites (N-methyl/N-ethyl adjacent to an activating group) is 1. The molecular formula is C17H20ClNO2. The Morgan fingerprint density at radius 1 is 1.10 bits per heavy atom. The summed E-state index contributed by atoms with van der Waals surface area (Å²) in [5.41, 5.74) is 2.16. The van der Waals surface area contributed by atoms with Gasteiger partial charge < -0.3 is 14.8 Å². The second-order valence-electron chi connectivity index (χ2n) is 4.74. The fourth-order valence-electron chi connectivity index (χ4n) is 2.36. The van der Waals surface area contributed by atoms with Crippen molar-refractivity contribution >= 4 is 11.6 Å². The predicted octanol–water partition coefficient (Wildman–Crippen LogP) is 3.86. The number of nitrogens with one attached hydrogen (secondary N) is 1. The van der Waals surface area contributed by atoms with Crippen LogP contribution in [0.2, 0.25) is 5.02 Å². The first-order valence-corrected chi connectivity index (χ1v) is 7.20. The van der Waals surface area contributed by atoms with E-state index in [9.17, 15) is 0 Å². The van der Waals surface area contributed by atoms with Gasteiger partial charge in [-0.25, -0.2) is 0 Å². The molecule has 0 aliphatic carbocycles. The van der Waals surface area contributed by atoms with E-state index in [0.29, 0.717) is 0 Å². The second kappa shape index (κ2) is 7.34. The lowest BCUT2D eigenvalue weighted by Gasteiger charge is -2.20. The van der Waals surface area contributed by atoms with Gasteiger partial charge in [0, 0.05) is 16.6 Å². The maximum atomic E-state index is 6.26. The van der Waals surface area contributed by atoms with Crippen LogP contribution in [0.15, 0.2) is 42.5 Å². The lowest BCUT2D eigenvalue weighted by atomic mass is 9.98. The molecule has 1 N–H and O–H groups in total. The standard InChI is InChI=1S/C17H20ClNO2/c1-19-16(10-12-6-4-5-7-15(12)18)14-11-13(20-2)8-9-17(14)21-3/h4-9,11,16,19H,10H2,1-3H3. The molecule has 1 unspecified atom stereocenters. The summed E-state index contributed by atoms with van der Waals surface area (Å²) in [4.78, 5) is 0. The first-order valence-electron chi connectivity index (χ1n) is 6.82. The minimum atomic E-state index is 0.0925. The summed E-state index contributed by atoms with van der Waals surface area (Å²) in [5, 5.41) is 4.10. The Labute approximate surface area is 130 Å². The number of halogens is 1. The SMILES string of the molecule is CNC(Cc1ccccc1Cl)c1cc(OC)ccc1OC. The fourth-order valence-corrected chi connectivity index (χ4v) is 2.58. The van der Waals surface area contributed by atoms with E-state index >= 15 is 0 Å². The average molecular weight is 306 g/mol. The number of rotatable bonds is 6. The molecule has 0 amide bonds. The van der Waals surface area contributed by atoms with Crippen LogP contribution in [0.1, 0.15) is 17.2 Å². The van der Waals surface area contributed by atoms with Gasteiger partial charge in [-0.05, 0) is 43.3 Å². The van der Waals surface area contributed by atoms with Crippen molar-refractivity contribution in [1.82, 2.24) is 5.32 Å². The smallest absolute Gasteiger partial charge is 0.123 e. The summed E-state index contributed by atoms with van der Waals surface area (Å²) >= 11 is 6.26. The van der Waals surface area contributed by atoms with Crippen molar-refractivity contribution in [3.63, 3.8) is 0 Å². The monoisotopic (exact) mass is 305 g/mol. The van der Waals surface area contributed by atoms with Crippen molar-refractivity contribution in [1.29, 1.82) is 0 Å². The van der Waals surface area contributed by atoms with Gasteiger partial charge >= 0.3 is 0 Å². The number of hydrogen-bond acceptors (Lipinski definition) is 3. The molecule has 0 saturated carbocycles. The van der Waals surface area contributed by atoms with Crippen LogP contribution >= 0.6 is 11.6 Å². The minimum Gasteiger partial charge on any atom is -0.497 e. The molecule has 0 fully saturated rings. The number of ether oxygens (including phenoxy) is 2. The summed E-state index contributed by atoms with van der Waals surface area (Å²) in [7, 11) is 5.27. The molecule has 2 aromatic rings. The van der Waals surface area contributed by atoms with E-state index in [1.165, 1.54) is 0 Å². The Bertz CT molecular complexity index is 601. The van der Waals surface area contributed by atoms with Gasteiger partial charge in [-0.3, -0.25) is 0 Å². The first-order chi connectivity index (χ1) is 10.2. The zero-order valence-electron chi connectivity index (χ0n) is 12.5. The second-order valence-corrected chi connectivity index (χ2v) is 5.15. The third-order valence-corrected chi connectivity index (χ3v) is 3.91. The van der Waals surface area contributed by atoms with Crippen LogP contribution in [-0.2, 0) is 6.42 Å². The molecule has 0 bridgehead atoms. The number of hydrogen-bond donors (Lipinski definition) is 1. The molecule has 3 nitrogen and oxygen atoms in total. The lowest BCUT2D eigenvalue weighted by Crippen LogP contribution is -2.19. The Hall–Kier alpha value is -1.71. The quantitative estimate of drug-likeness (QED) is 0.879. The topological polar surface area (TPSA) is 30.5 Å². The summed E-state index contributed by atoms with van der Waals surface area (Å²) in [6.07, 6.45) is 0.777. The minimum absolute atomic E-state index is 0.0925. The highest BCUT2D eigenvalue weighted by molar-refractivity contribution is 6.31. The molecule has 0 radical (unpaired) electrons. The summed E-state index contributed by atoms with van der Waals surface area (Å²) in [5.74, 6) is 1.65. The van der Waals surface area contributed by atoms with Gasteiger partial charge in [0.1, 0.15) is 11.5 Å². The van der Waals surface area contributed by atoms with Gasteiger partial charge in [0.2, 0.25) is 0 Å². The molecule has 0 heterocycles. The normalized spacial score (nSPS) is 12.0. The van der Waals surface area contributed by atoms with Crippen LogP contribution in [0.25, 0.3) is 0 Å². The van der Waals surface area contributed by atoms with E-state index in [1.807, 2.05) is 49.5 Å². The number of methoxy groups -OCH3 is 2. The summed E-state index contributed by atoms with van der Waals surface area (Å²) in [6.45, 7) is 0. The molecular weight excluding hydrogens is 286 g/mol. The third kappa shape index (κ3) is 3.69. The third-order valence-electron chi connectivity index (χ3n) is 3.54. The summed E-state index contributed by atoms with van der Waals surface area (Å²) < 4.78 is 10.8. The van der Waals surface area contributed by atoms with Crippen molar-refractivity contribution in [2.45, 2.75) is 12.5 Å². The Morgan fingerprint density at radius 2 is 1.86 bits per heavy atom. The van der Waals surface area contributed by atoms with E-state index in [0.717, 1.165) is 34.1 Å². The van der Waals surface area contributed by atoms with Crippen LogP contribution in [0.3, 0.4) is 0 Å². The van der Waals surface area contributed by atoms with E-state index in [1.54, 1.807) is 14.2 Å². The molecule has 0 aliphatic rings. The van der Waals surface area contributed by atoms with Gasteiger partial charge in [-0.2, -0.15) is 0 Å². The van der Waals surface area contributed by atoms with Crippen LogP contribution in [-0.4, -0.2) is 21.3 Å². The van der Waals surface area contributed by atoms with Crippen molar-refractivity contribution in [2.75, 3.05) is 21.3 Å². The molecule has 0 aliphatic heterocycles. The molecule has 2 rings (SSSR count). The zero-order chi connectivity index (χ0) is 15.2. The molecule has 0 saturated heterocycles. The van der Waals surface area contributed by atoms with Crippen LogP contribution in [0, 0.1) is 0 Å². The van der Waals surface area contributed by atoms with Crippen molar-refractivity contribution < 1.29 is 9.47 Å². The lowest BCUT2D eigenvalue weighted by molar-refractivity contribution is 0.391. The van der Waals surface area contributed by atoms with E-state index in [2.05, 4.69) is 5.32 Å². The van der Waals surface area contributed by atoms with E-state index < -0.39 is 0 Å². The van der Waals surface area contributed by atoms with Crippen LogP contribution in [0.4, 0.5) is 0 Å². The van der Waals surface area contributed by atoms with Gasteiger partial charge in [0.15, 0.2) is 0 Å². The molecule has 4 heteroatoms. The molecule has 21 heavy (non-hydrogen) atoms. The number of benzene rings is 2. The highest BCUT2D eigenvalue weighted by atomic mass is 35.5. The van der Waals surface area contributed by atoms with Gasteiger partial charge in [-0.1, -0.05) is 29.8 Å². The highest BCUT2D eigenvalue weighted by Gasteiger charge is 2.17.